The van der Waals surface area contributed by atoms with Crippen molar-refractivity contribution in [1.82, 2.24) is 4.90 Å². The Labute approximate surface area is 120 Å². The van der Waals surface area contributed by atoms with E-state index in [1.807, 2.05) is 32.9 Å². The number of aryl methyl sites for hydroxylation is 1. The Morgan fingerprint density at radius 2 is 2.20 bits per heavy atom. The molecule has 0 saturated carbocycles. The first-order valence-electron chi connectivity index (χ1n) is 6.73. The average molecular weight is 274 g/mol. The van der Waals surface area contributed by atoms with Crippen molar-refractivity contribution in [1.29, 1.82) is 5.26 Å². The number of carbonyl (C=O) groups excluding carboxylic acids is 1. The lowest BCUT2D eigenvalue weighted by Gasteiger charge is -2.24. The number of hydrogen-bond donors (Lipinski definition) is 2. The lowest BCUT2D eigenvalue weighted by molar-refractivity contribution is 0.0741. The van der Waals surface area contributed by atoms with Gasteiger partial charge in [-0.05, 0) is 30.5 Å². The Morgan fingerprint density at radius 1 is 1.50 bits per heavy atom. The molecule has 0 atom stereocenters. The third kappa shape index (κ3) is 4.25. The van der Waals surface area contributed by atoms with E-state index in [1.165, 1.54) is 0 Å². The first kappa shape index (κ1) is 16.0. The molecule has 0 spiro atoms. The highest BCUT2D eigenvalue weighted by Gasteiger charge is 2.19. The molecule has 0 unspecified atom stereocenters. The number of nitrogens with two attached hydrogens (primary N) is 1. The van der Waals surface area contributed by atoms with Crippen molar-refractivity contribution in [3.63, 3.8) is 0 Å². The summed E-state index contributed by atoms with van der Waals surface area (Å²) in [5.41, 5.74) is 4.75. The molecule has 0 bridgehead atoms. The third-order valence-electron chi connectivity index (χ3n) is 2.93. The number of nitrogens with zero attached hydrogens (tertiary/aromatic N) is 2. The van der Waals surface area contributed by atoms with E-state index in [0.29, 0.717) is 36.7 Å². The number of anilines is 1. The lowest BCUT2D eigenvalue weighted by atomic mass is 10.1. The molecule has 0 fully saturated rings. The Morgan fingerprint density at radius 3 is 2.75 bits per heavy atom. The summed E-state index contributed by atoms with van der Waals surface area (Å²) in [6.07, 6.45) is 0.329. The first-order valence-corrected chi connectivity index (χ1v) is 6.73. The Hall–Kier alpha value is -2.06. The van der Waals surface area contributed by atoms with Crippen LogP contribution in [0.3, 0.4) is 0 Å². The van der Waals surface area contributed by atoms with E-state index in [0.717, 1.165) is 5.56 Å². The van der Waals surface area contributed by atoms with Crippen LogP contribution in [0, 0.1) is 24.2 Å². The maximum absolute atomic E-state index is 12.6. The van der Waals surface area contributed by atoms with Gasteiger partial charge < -0.3 is 10.3 Å². The normalized spacial score (nSPS) is 10.2. The molecule has 0 aromatic heterocycles. The zero-order valence-electron chi connectivity index (χ0n) is 12.3. The fraction of sp³-hybridized carbons (Fsp3) is 0.467. The summed E-state index contributed by atoms with van der Waals surface area (Å²) < 4.78 is 0. The summed E-state index contributed by atoms with van der Waals surface area (Å²) >= 11 is 0. The minimum Gasteiger partial charge on any atom is -0.337 e. The maximum atomic E-state index is 12.6. The number of amides is 1. The molecule has 1 rings (SSSR count). The standard InChI is InChI=1S/C15H22N4O/c1-11(2)10-19(8-4-7-16)15(20)13-6-5-12(3)9-14(13)18-17/h5-6,9,11,18H,4,8,10,17H2,1-3H3. The Bertz CT molecular complexity index is 505. The van der Waals surface area contributed by atoms with E-state index in [1.54, 1.807) is 11.0 Å². The largest absolute Gasteiger partial charge is 0.337 e. The second kappa shape index (κ2) is 7.51. The summed E-state index contributed by atoms with van der Waals surface area (Å²) in [7, 11) is 0. The van der Waals surface area contributed by atoms with Crippen LogP contribution in [0.25, 0.3) is 0 Å². The van der Waals surface area contributed by atoms with Gasteiger partial charge in [0.25, 0.3) is 5.91 Å². The van der Waals surface area contributed by atoms with Crippen molar-refractivity contribution in [3.8, 4) is 6.07 Å². The van der Waals surface area contributed by atoms with Crippen LogP contribution in [-0.4, -0.2) is 23.9 Å². The molecule has 0 aliphatic heterocycles. The maximum Gasteiger partial charge on any atom is 0.256 e. The van der Waals surface area contributed by atoms with E-state index >= 15 is 0 Å². The molecule has 0 radical (unpaired) electrons. The van der Waals surface area contributed by atoms with Crippen LogP contribution in [0.2, 0.25) is 0 Å². The number of nitriles is 1. The van der Waals surface area contributed by atoms with Gasteiger partial charge in [0.15, 0.2) is 0 Å². The van der Waals surface area contributed by atoms with Crippen LogP contribution in [0.1, 0.15) is 36.2 Å². The summed E-state index contributed by atoms with van der Waals surface area (Å²) in [5, 5.41) is 8.72. The molecule has 1 aromatic carbocycles. The predicted octanol–water partition coefficient (Wildman–Crippen LogP) is 2.29. The third-order valence-corrected chi connectivity index (χ3v) is 2.93. The van der Waals surface area contributed by atoms with Crippen LogP contribution < -0.4 is 11.3 Å². The van der Waals surface area contributed by atoms with Gasteiger partial charge in [0.2, 0.25) is 0 Å². The summed E-state index contributed by atoms with van der Waals surface area (Å²) in [5.74, 6) is 5.74. The number of carbonyl (C=O) groups is 1. The second-order valence-corrected chi connectivity index (χ2v) is 5.25. The van der Waals surface area contributed by atoms with E-state index in [4.69, 9.17) is 11.1 Å². The van der Waals surface area contributed by atoms with Gasteiger partial charge in [-0.15, -0.1) is 0 Å². The van der Waals surface area contributed by atoms with Crippen molar-refractivity contribution in [2.24, 2.45) is 11.8 Å². The van der Waals surface area contributed by atoms with Crippen molar-refractivity contribution < 1.29 is 4.79 Å². The minimum atomic E-state index is -0.0955. The van der Waals surface area contributed by atoms with Gasteiger partial charge in [-0.25, -0.2) is 0 Å². The number of benzene rings is 1. The van der Waals surface area contributed by atoms with Gasteiger partial charge in [-0.1, -0.05) is 19.9 Å². The van der Waals surface area contributed by atoms with Crippen LogP contribution in [-0.2, 0) is 0 Å². The monoisotopic (exact) mass is 274 g/mol. The lowest BCUT2D eigenvalue weighted by Crippen LogP contribution is -2.35. The number of nitrogens with one attached hydrogen (secondary N) is 1. The topological polar surface area (TPSA) is 82.2 Å². The highest BCUT2D eigenvalue weighted by Crippen LogP contribution is 2.19. The summed E-state index contributed by atoms with van der Waals surface area (Å²) in [6.45, 7) is 7.09. The van der Waals surface area contributed by atoms with Gasteiger partial charge in [-0.2, -0.15) is 5.26 Å². The highest BCUT2D eigenvalue weighted by molar-refractivity contribution is 5.99. The zero-order valence-corrected chi connectivity index (χ0v) is 12.3. The molecule has 20 heavy (non-hydrogen) atoms. The zero-order chi connectivity index (χ0) is 15.1. The van der Waals surface area contributed by atoms with Gasteiger partial charge in [0, 0.05) is 13.1 Å². The molecule has 1 aromatic rings. The molecular formula is C15H22N4O. The van der Waals surface area contributed by atoms with Crippen LogP contribution >= 0.6 is 0 Å². The molecule has 0 aliphatic carbocycles. The van der Waals surface area contributed by atoms with Crippen LogP contribution in [0.15, 0.2) is 18.2 Å². The van der Waals surface area contributed by atoms with Crippen molar-refractivity contribution in [3.05, 3.63) is 29.3 Å². The predicted molar refractivity (Wildman–Crippen MR) is 80.0 cm³/mol. The SMILES string of the molecule is Cc1ccc(C(=O)N(CCC#N)CC(C)C)c(NN)c1. The molecule has 5 nitrogen and oxygen atoms in total. The molecule has 5 heteroatoms. The van der Waals surface area contributed by atoms with Gasteiger partial charge in [0.05, 0.1) is 23.7 Å². The molecule has 0 aliphatic rings. The van der Waals surface area contributed by atoms with Crippen molar-refractivity contribution in [2.75, 3.05) is 18.5 Å². The van der Waals surface area contributed by atoms with Crippen LogP contribution in [0.5, 0.6) is 0 Å². The highest BCUT2D eigenvalue weighted by atomic mass is 16.2. The van der Waals surface area contributed by atoms with E-state index in [-0.39, 0.29) is 5.91 Å². The minimum absolute atomic E-state index is 0.0955. The second-order valence-electron chi connectivity index (χ2n) is 5.25. The van der Waals surface area contributed by atoms with Crippen LogP contribution in [0.4, 0.5) is 5.69 Å². The molecule has 0 saturated heterocycles. The summed E-state index contributed by atoms with van der Waals surface area (Å²) in [6, 6.07) is 7.57. The fourth-order valence-corrected chi connectivity index (χ4v) is 2.04. The van der Waals surface area contributed by atoms with Gasteiger partial charge in [0.1, 0.15) is 0 Å². The molecule has 1 amide bonds. The number of hydrazine groups is 1. The molecule has 108 valence electrons. The quantitative estimate of drug-likeness (QED) is 0.616. The Balaban J connectivity index is 3.02. The van der Waals surface area contributed by atoms with E-state index in [9.17, 15) is 4.79 Å². The van der Waals surface area contributed by atoms with Gasteiger partial charge in [-0.3, -0.25) is 10.6 Å². The number of hydrogen-bond acceptors (Lipinski definition) is 4. The van der Waals surface area contributed by atoms with Crippen molar-refractivity contribution in [2.45, 2.75) is 27.2 Å². The smallest absolute Gasteiger partial charge is 0.256 e. The number of rotatable bonds is 6. The van der Waals surface area contributed by atoms with E-state index in [2.05, 4.69) is 11.5 Å². The molecule has 3 N–H and O–H groups in total. The number of nitrogen functional groups attached to an aromatic ring is 1. The fourth-order valence-electron chi connectivity index (χ4n) is 2.04. The average Bonchev–Trinajstić information content (AvgIpc) is 2.42. The van der Waals surface area contributed by atoms with Gasteiger partial charge >= 0.3 is 0 Å². The van der Waals surface area contributed by atoms with Crippen molar-refractivity contribution >= 4 is 11.6 Å². The summed E-state index contributed by atoms with van der Waals surface area (Å²) in [4.78, 5) is 14.3. The molecular weight excluding hydrogens is 252 g/mol. The van der Waals surface area contributed by atoms with E-state index < -0.39 is 0 Å². The Kier molecular flexibility index (Phi) is 6.01. The molecule has 0 heterocycles. The first-order chi connectivity index (χ1) is 9.49.